The first kappa shape index (κ1) is 28.6. The highest BCUT2D eigenvalue weighted by atomic mass is 35.5. The van der Waals surface area contributed by atoms with Crippen molar-refractivity contribution in [1.82, 2.24) is 9.80 Å². The van der Waals surface area contributed by atoms with Gasteiger partial charge in [0.1, 0.15) is 11.5 Å². The van der Waals surface area contributed by atoms with Crippen molar-refractivity contribution in [2.75, 3.05) is 57.1 Å². The van der Waals surface area contributed by atoms with Crippen LogP contribution in [0.5, 0.6) is 11.5 Å². The molecule has 7 heteroatoms. The molecule has 0 amide bonds. The number of anilines is 1. The van der Waals surface area contributed by atoms with E-state index >= 15 is 0 Å². The molecule has 3 aromatic carbocycles. The fourth-order valence-corrected chi connectivity index (χ4v) is 5.91. The van der Waals surface area contributed by atoms with E-state index in [1.54, 1.807) is 14.2 Å². The molecular weight excluding hydrogens is 517 g/mol. The Labute approximate surface area is 237 Å². The number of halogens is 2. The van der Waals surface area contributed by atoms with E-state index in [2.05, 4.69) is 64.1 Å². The van der Waals surface area contributed by atoms with Gasteiger partial charge in [-0.2, -0.15) is 0 Å². The van der Waals surface area contributed by atoms with Gasteiger partial charge in [-0.05, 0) is 48.7 Å². The molecule has 0 bridgehead atoms. The Morgan fingerprint density at radius 3 is 1.79 bits per heavy atom. The number of nitrogens with zero attached hydrogens (tertiary/aromatic N) is 3. The molecule has 0 spiro atoms. The van der Waals surface area contributed by atoms with E-state index in [1.165, 1.54) is 22.3 Å². The molecule has 0 aliphatic carbocycles. The van der Waals surface area contributed by atoms with Gasteiger partial charge < -0.3 is 14.4 Å². The van der Waals surface area contributed by atoms with Gasteiger partial charge in [0.2, 0.25) is 0 Å². The fourth-order valence-electron chi connectivity index (χ4n) is 5.50. The maximum Gasteiger partial charge on any atom is 0.123 e. The van der Waals surface area contributed by atoms with Gasteiger partial charge >= 0.3 is 0 Å². The van der Waals surface area contributed by atoms with Gasteiger partial charge in [0.05, 0.1) is 20.4 Å². The molecule has 204 valence electrons. The minimum absolute atomic E-state index is 0.113. The Morgan fingerprint density at radius 1 is 0.789 bits per heavy atom. The quantitative estimate of drug-likeness (QED) is 0.232. The molecule has 3 aromatic rings. The second-order valence-corrected chi connectivity index (χ2v) is 10.5. The average Bonchev–Trinajstić information content (AvgIpc) is 2.94. The summed E-state index contributed by atoms with van der Waals surface area (Å²) in [6.07, 6.45) is 1.21. The van der Waals surface area contributed by atoms with Crippen molar-refractivity contribution >= 4 is 28.9 Å². The lowest BCUT2D eigenvalue weighted by molar-refractivity contribution is -0.0101. The summed E-state index contributed by atoms with van der Waals surface area (Å²) in [6.45, 7) is 7.40. The van der Waals surface area contributed by atoms with Crippen LogP contribution >= 0.6 is 23.2 Å². The summed E-state index contributed by atoms with van der Waals surface area (Å²) in [5.74, 6) is 3.00. The molecule has 0 aromatic heterocycles. The van der Waals surface area contributed by atoms with Crippen molar-refractivity contribution in [2.45, 2.75) is 32.6 Å². The third kappa shape index (κ3) is 6.76. The van der Waals surface area contributed by atoms with Crippen molar-refractivity contribution in [2.24, 2.45) is 0 Å². The topological polar surface area (TPSA) is 28.2 Å². The van der Waals surface area contributed by atoms with Crippen molar-refractivity contribution in [1.29, 1.82) is 0 Å². The molecule has 1 fully saturated rings. The average molecular weight is 557 g/mol. The highest BCUT2D eigenvalue weighted by molar-refractivity contribution is 6.18. The van der Waals surface area contributed by atoms with Crippen molar-refractivity contribution in [3.05, 3.63) is 89.0 Å². The summed E-state index contributed by atoms with van der Waals surface area (Å²) in [6, 6.07) is 23.5. The monoisotopic (exact) mass is 555 g/mol. The van der Waals surface area contributed by atoms with Crippen molar-refractivity contribution < 1.29 is 9.47 Å². The van der Waals surface area contributed by atoms with Crippen LogP contribution < -0.4 is 14.4 Å². The number of methoxy groups -OCH3 is 2. The lowest BCUT2D eigenvalue weighted by atomic mass is 9.99. The molecule has 1 aliphatic heterocycles. The molecule has 1 heterocycles. The van der Waals surface area contributed by atoms with Gasteiger partial charge in [-0.25, -0.2) is 0 Å². The third-order valence-electron chi connectivity index (χ3n) is 7.32. The van der Waals surface area contributed by atoms with Crippen LogP contribution in [0, 0.1) is 6.92 Å². The molecule has 5 nitrogen and oxygen atoms in total. The minimum Gasteiger partial charge on any atom is -0.496 e. The Kier molecular flexibility index (Phi) is 10.6. The first-order valence-electron chi connectivity index (χ1n) is 13.3. The summed E-state index contributed by atoms with van der Waals surface area (Å²) in [5, 5.41) is 0. The third-order valence-corrected chi connectivity index (χ3v) is 7.66. The maximum atomic E-state index is 6.10. The number of hydrogen-bond acceptors (Lipinski definition) is 5. The summed E-state index contributed by atoms with van der Waals surface area (Å²) in [4.78, 5) is 7.42. The molecular formula is C31H39Cl2N3O2. The molecule has 0 radical (unpaired) electrons. The Morgan fingerprint density at radius 2 is 1.32 bits per heavy atom. The van der Waals surface area contributed by atoms with Crippen LogP contribution in [-0.2, 0) is 13.1 Å². The number of alkyl halides is 2. The SMILES string of the molecule is COc1ccccc1CN1CCCN(Cc2ccccc2OC)C1c1ccc(N(CCCl)CCCl)cc1C. The lowest BCUT2D eigenvalue weighted by Crippen LogP contribution is -2.47. The van der Waals surface area contributed by atoms with Crippen LogP contribution in [0.4, 0.5) is 5.69 Å². The number of rotatable bonds is 12. The fraction of sp³-hybridized carbons (Fsp3) is 0.419. The Hall–Kier alpha value is -2.44. The molecule has 4 rings (SSSR count). The largest absolute Gasteiger partial charge is 0.496 e. The molecule has 1 saturated heterocycles. The van der Waals surface area contributed by atoms with Gasteiger partial charge in [-0.1, -0.05) is 42.5 Å². The van der Waals surface area contributed by atoms with E-state index in [-0.39, 0.29) is 6.17 Å². The van der Waals surface area contributed by atoms with Crippen LogP contribution in [0.1, 0.15) is 34.8 Å². The number of para-hydroxylation sites is 2. The van der Waals surface area contributed by atoms with E-state index in [0.717, 1.165) is 62.9 Å². The lowest BCUT2D eigenvalue weighted by Gasteiger charge is -2.45. The predicted octanol–water partition coefficient (Wildman–Crippen LogP) is 6.70. The van der Waals surface area contributed by atoms with E-state index in [9.17, 15) is 0 Å². The molecule has 1 aliphatic rings. The van der Waals surface area contributed by atoms with Gasteiger partial charge in [-0.3, -0.25) is 9.80 Å². The van der Waals surface area contributed by atoms with Gasteiger partial charge in [-0.15, -0.1) is 23.2 Å². The zero-order chi connectivity index (χ0) is 26.9. The zero-order valence-electron chi connectivity index (χ0n) is 22.7. The highest BCUT2D eigenvalue weighted by Crippen LogP contribution is 2.37. The van der Waals surface area contributed by atoms with Gasteiger partial charge in [0.15, 0.2) is 0 Å². The zero-order valence-corrected chi connectivity index (χ0v) is 24.2. The molecule has 0 N–H and O–H groups in total. The van der Waals surface area contributed by atoms with E-state index in [0.29, 0.717) is 11.8 Å². The predicted molar refractivity (Wildman–Crippen MR) is 159 cm³/mol. The van der Waals surface area contributed by atoms with Crippen LogP contribution in [-0.4, -0.2) is 62.0 Å². The standard InChI is InChI=1S/C31H39Cl2N3O2/c1-24-21-27(34(19-15-32)20-16-33)13-14-28(24)31-35(22-25-9-4-6-11-29(25)37-2)17-8-18-36(31)23-26-10-5-7-12-30(26)38-3/h4-7,9-14,21,31H,8,15-20,22-23H2,1-3H3. The summed E-state index contributed by atoms with van der Waals surface area (Å²) in [7, 11) is 3.49. The maximum absolute atomic E-state index is 6.10. The van der Waals surface area contributed by atoms with Crippen LogP contribution in [0.2, 0.25) is 0 Å². The van der Waals surface area contributed by atoms with E-state index < -0.39 is 0 Å². The minimum atomic E-state index is 0.113. The van der Waals surface area contributed by atoms with Crippen molar-refractivity contribution in [3.63, 3.8) is 0 Å². The Balaban J connectivity index is 1.72. The van der Waals surface area contributed by atoms with Crippen LogP contribution in [0.15, 0.2) is 66.7 Å². The normalized spacial score (nSPS) is 15.0. The van der Waals surface area contributed by atoms with Crippen LogP contribution in [0.25, 0.3) is 0 Å². The molecule has 0 saturated carbocycles. The number of aryl methyl sites for hydroxylation is 1. The second-order valence-electron chi connectivity index (χ2n) is 9.70. The number of ether oxygens (including phenoxy) is 2. The molecule has 38 heavy (non-hydrogen) atoms. The molecule has 0 atom stereocenters. The summed E-state index contributed by atoms with van der Waals surface area (Å²) < 4.78 is 11.4. The van der Waals surface area contributed by atoms with Crippen LogP contribution in [0.3, 0.4) is 0 Å². The van der Waals surface area contributed by atoms with E-state index in [1.807, 2.05) is 24.3 Å². The van der Waals surface area contributed by atoms with Gasteiger partial charge in [0, 0.05) is 67.8 Å². The van der Waals surface area contributed by atoms with Gasteiger partial charge in [0.25, 0.3) is 0 Å². The smallest absolute Gasteiger partial charge is 0.123 e. The molecule has 0 unspecified atom stereocenters. The van der Waals surface area contributed by atoms with Crippen molar-refractivity contribution in [3.8, 4) is 11.5 Å². The first-order chi connectivity index (χ1) is 18.6. The summed E-state index contributed by atoms with van der Waals surface area (Å²) >= 11 is 12.2. The number of hydrogen-bond donors (Lipinski definition) is 0. The van der Waals surface area contributed by atoms with E-state index in [4.69, 9.17) is 32.7 Å². The summed E-state index contributed by atoms with van der Waals surface area (Å²) in [5.41, 5.74) is 6.14. The highest BCUT2D eigenvalue weighted by Gasteiger charge is 2.33. The Bertz CT molecular complexity index is 1110. The number of benzene rings is 3. The second kappa shape index (κ2) is 14.1. The first-order valence-corrected chi connectivity index (χ1v) is 14.4.